The third-order valence-electron chi connectivity index (χ3n) is 3.95. The van der Waals surface area contributed by atoms with E-state index in [0.717, 1.165) is 22.6 Å². The zero-order valence-corrected chi connectivity index (χ0v) is 17.0. The van der Waals surface area contributed by atoms with Gasteiger partial charge in [0.2, 0.25) is 17.0 Å². The van der Waals surface area contributed by atoms with Gasteiger partial charge in [-0.25, -0.2) is 10.5 Å². The largest absolute Gasteiger partial charge is 0.497 e. The first-order valence-electron chi connectivity index (χ1n) is 8.94. The molecule has 0 saturated heterocycles. The first kappa shape index (κ1) is 20.4. The Kier molecular flexibility index (Phi) is 7.23. The maximum Gasteiger partial charge on any atom is 0.240 e. The fourth-order valence-electron chi connectivity index (χ4n) is 2.39. The molecule has 0 aliphatic rings. The van der Waals surface area contributed by atoms with Gasteiger partial charge in [0.1, 0.15) is 5.75 Å². The quantitative estimate of drug-likeness (QED) is 0.285. The van der Waals surface area contributed by atoms with Crippen LogP contribution in [0.5, 0.6) is 5.75 Å². The summed E-state index contributed by atoms with van der Waals surface area (Å²) < 4.78 is 5.22. The Hall–Kier alpha value is -3.33. The first-order chi connectivity index (χ1) is 14.1. The van der Waals surface area contributed by atoms with Crippen molar-refractivity contribution in [3.63, 3.8) is 0 Å². The monoisotopic (exact) mass is 410 g/mol. The van der Waals surface area contributed by atoms with Crippen molar-refractivity contribution in [2.75, 3.05) is 18.3 Å². The molecule has 3 N–H and O–H groups in total. The van der Waals surface area contributed by atoms with Gasteiger partial charge >= 0.3 is 0 Å². The standard InChI is InChI=1S/C20H22N6O2S/c1-14(16-9-6-10-17(11-16)28-2)23-24-19-22-20(26-25-19)29-13-18(27)21-12-15-7-4-3-5-8-15/h3-11H,12-13H2,1-2H3,(H,21,27)(H2,22,24,25,26)/b23-14+. The third kappa shape index (κ3) is 6.35. The van der Waals surface area contributed by atoms with E-state index in [-0.39, 0.29) is 11.7 Å². The van der Waals surface area contributed by atoms with E-state index < -0.39 is 0 Å². The Balaban J connectivity index is 1.47. The van der Waals surface area contributed by atoms with Gasteiger partial charge in [-0.05, 0) is 24.6 Å². The fourth-order valence-corrected chi connectivity index (χ4v) is 3.02. The van der Waals surface area contributed by atoms with Crippen LogP contribution in [0.3, 0.4) is 0 Å². The van der Waals surface area contributed by atoms with Gasteiger partial charge in [0, 0.05) is 12.1 Å². The number of aromatic amines is 1. The number of carbonyl (C=O) groups is 1. The summed E-state index contributed by atoms with van der Waals surface area (Å²) in [7, 11) is 1.62. The van der Waals surface area contributed by atoms with E-state index in [9.17, 15) is 4.79 Å². The van der Waals surface area contributed by atoms with Crippen LogP contribution < -0.4 is 15.5 Å². The Bertz CT molecular complexity index is 974. The van der Waals surface area contributed by atoms with Crippen molar-refractivity contribution in [3.8, 4) is 5.75 Å². The third-order valence-corrected chi connectivity index (χ3v) is 4.79. The van der Waals surface area contributed by atoms with E-state index in [1.165, 1.54) is 11.8 Å². The molecular weight excluding hydrogens is 388 g/mol. The van der Waals surface area contributed by atoms with Crippen LogP contribution in [-0.2, 0) is 11.3 Å². The van der Waals surface area contributed by atoms with Gasteiger partial charge < -0.3 is 10.1 Å². The lowest BCUT2D eigenvalue weighted by Gasteiger charge is -2.04. The van der Waals surface area contributed by atoms with Gasteiger partial charge in [0.15, 0.2) is 0 Å². The van der Waals surface area contributed by atoms with Gasteiger partial charge in [-0.2, -0.15) is 10.1 Å². The highest BCUT2D eigenvalue weighted by atomic mass is 32.2. The molecule has 2 aromatic carbocycles. The second-order valence-electron chi connectivity index (χ2n) is 6.06. The van der Waals surface area contributed by atoms with E-state index >= 15 is 0 Å². The Labute approximate surface area is 173 Å². The summed E-state index contributed by atoms with van der Waals surface area (Å²) in [5, 5.41) is 14.5. The zero-order chi connectivity index (χ0) is 20.5. The number of hydrogen-bond acceptors (Lipinski definition) is 7. The smallest absolute Gasteiger partial charge is 0.240 e. The molecule has 3 aromatic rings. The molecule has 0 bridgehead atoms. The highest BCUT2D eigenvalue weighted by Gasteiger charge is 2.08. The van der Waals surface area contributed by atoms with Crippen LogP contribution in [0.1, 0.15) is 18.1 Å². The Morgan fingerprint density at radius 1 is 1.21 bits per heavy atom. The van der Waals surface area contributed by atoms with Gasteiger partial charge in [-0.1, -0.05) is 54.2 Å². The van der Waals surface area contributed by atoms with E-state index in [1.807, 2.05) is 61.5 Å². The summed E-state index contributed by atoms with van der Waals surface area (Å²) in [4.78, 5) is 16.2. The minimum absolute atomic E-state index is 0.0787. The van der Waals surface area contributed by atoms with Crippen LogP contribution in [0, 0.1) is 0 Å². The van der Waals surface area contributed by atoms with Crippen molar-refractivity contribution in [1.29, 1.82) is 0 Å². The van der Waals surface area contributed by atoms with Gasteiger partial charge in [0.25, 0.3) is 0 Å². The number of hydrogen-bond donors (Lipinski definition) is 3. The van der Waals surface area contributed by atoms with Crippen LogP contribution in [0.25, 0.3) is 0 Å². The molecule has 0 aliphatic carbocycles. The highest BCUT2D eigenvalue weighted by Crippen LogP contribution is 2.15. The molecule has 1 amide bonds. The summed E-state index contributed by atoms with van der Waals surface area (Å²) in [5.41, 5.74) is 5.60. The predicted octanol–water partition coefficient (Wildman–Crippen LogP) is 3.06. The number of aromatic nitrogens is 3. The number of methoxy groups -OCH3 is 1. The molecule has 29 heavy (non-hydrogen) atoms. The molecular formula is C20H22N6O2S. The van der Waals surface area contributed by atoms with Crippen LogP contribution in [-0.4, -0.2) is 39.7 Å². The number of nitrogens with one attached hydrogen (secondary N) is 3. The van der Waals surface area contributed by atoms with Crippen molar-refractivity contribution in [2.24, 2.45) is 5.10 Å². The van der Waals surface area contributed by atoms with E-state index in [1.54, 1.807) is 7.11 Å². The second kappa shape index (κ2) is 10.3. The number of benzene rings is 2. The van der Waals surface area contributed by atoms with Crippen molar-refractivity contribution in [1.82, 2.24) is 20.5 Å². The summed E-state index contributed by atoms with van der Waals surface area (Å²) in [6, 6.07) is 17.4. The molecule has 0 atom stereocenters. The minimum Gasteiger partial charge on any atom is -0.497 e. The Morgan fingerprint density at radius 3 is 2.83 bits per heavy atom. The summed E-state index contributed by atoms with van der Waals surface area (Å²) in [5.74, 6) is 1.32. The number of amides is 1. The highest BCUT2D eigenvalue weighted by molar-refractivity contribution is 7.99. The minimum atomic E-state index is -0.0787. The van der Waals surface area contributed by atoms with E-state index in [2.05, 4.69) is 31.0 Å². The van der Waals surface area contributed by atoms with Gasteiger partial charge in [0.05, 0.1) is 18.6 Å². The molecule has 9 heteroatoms. The number of carbonyl (C=O) groups excluding carboxylic acids is 1. The number of rotatable bonds is 9. The number of nitrogens with zero attached hydrogens (tertiary/aromatic N) is 3. The van der Waals surface area contributed by atoms with Crippen LogP contribution in [0.15, 0.2) is 64.9 Å². The number of anilines is 1. The second-order valence-corrected chi connectivity index (χ2v) is 7.00. The average Bonchev–Trinajstić information content (AvgIpc) is 3.23. The average molecular weight is 411 g/mol. The first-order valence-corrected chi connectivity index (χ1v) is 9.93. The molecule has 0 unspecified atom stereocenters. The van der Waals surface area contributed by atoms with E-state index in [4.69, 9.17) is 4.74 Å². The normalized spacial score (nSPS) is 11.2. The van der Waals surface area contributed by atoms with Crippen molar-refractivity contribution in [2.45, 2.75) is 18.6 Å². The number of H-pyrrole nitrogens is 1. The van der Waals surface area contributed by atoms with Gasteiger partial charge in [-0.15, -0.1) is 5.10 Å². The van der Waals surface area contributed by atoms with E-state index in [0.29, 0.717) is 17.6 Å². The lowest BCUT2D eigenvalue weighted by atomic mass is 10.1. The Morgan fingerprint density at radius 2 is 2.03 bits per heavy atom. The predicted molar refractivity (Wildman–Crippen MR) is 114 cm³/mol. The molecule has 1 heterocycles. The lowest BCUT2D eigenvalue weighted by Crippen LogP contribution is -2.24. The topological polar surface area (TPSA) is 104 Å². The number of hydrazone groups is 1. The summed E-state index contributed by atoms with van der Waals surface area (Å²) in [6.07, 6.45) is 0. The van der Waals surface area contributed by atoms with Crippen LogP contribution >= 0.6 is 11.8 Å². The number of thioether (sulfide) groups is 1. The fraction of sp³-hybridized carbons (Fsp3) is 0.200. The summed E-state index contributed by atoms with van der Waals surface area (Å²) in [6.45, 7) is 2.38. The van der Waals surface area contributed by atoms with Crippen molar-refractivity contribution >= 4 is 29.3 Å². The molecule has 0 saturated carbocycles. The van der Waals surface area contributed by atoms with Gasteiger partial charge in [-0.3, -0.25) is 4.79 Å². The maximum atomic E-state index is 12.0. The molecule has 0 radical (unpaired) electrons. The molecule has 0 spiro atoms. The molecule has 150 valence electrons. The number of ether oxygens (including phenoxy) is 1. The summed E-state index contributed by atoms with van der Waals surface area (Å²) >= 11 is 1.25. The van der Waals surface area contributed by atoms with Crippen molar-refractivity contribution in [3.05, 3.63) is 65.7 Å². The van der Waals surface area contributed by atoms with Crippen molar-refractivity contribution < 1.29 is 9.53 Å². The van der Waals surface area contributed by atoms with Crippen LogP contribution in [0.2, 0.25) is 0 Å². The molecule has 0 fully saturated rings. The molecule has 1 aromatic heterocycles. The zero-order valence-electron chi connectivity index (χ0n) is 16.2. The molecule has 8 nitrogen and oxygen atoms in total. The van der Waals surface area contributed by atoms with Crippen LogP contribution in [0.4, 0.5) is 5.95 Å². The molecule has 0 aliphatic heterocycles. The lowest BCUT2D eigenvalue weighted by molar-refractivity contribution is -0.118. The molecule has 3 rings (SSSR count). The SMILES string of the molecule is COc1cccc(/C(C)=N/Nc2nc(SCC(=O)NCc3ccccc3)n[nH]2)c1. The maximum absolute atomic E-state index is 12.0.